The van der Waals surface area contributed by atoms with Crippen molar-refractivity contribution in [3.63, 3.8) is 0 Å². The molecule has 0 unspecified atom stereocenters. The van der Waals surface area contributed by atoms with Crippen LogP contribution in [0, 0.1) is 23.2 Å². The monoisotopic (exact) mass is 236 g/mol. The Hall–Kier alpha value is -0.370. The number of nitrogens with two attached hydrogens (primary N) is 1. The quantitative estimate of drug-likeness (QED) is 0.725. The zero-order chi connectivity index (χ0) is 11.9. The van der Waals surface area contributed by atoms with Crippen molar-refractivity contribution < 1.29 is 10.1 Å². The highest BCUT2D eigenvalue weighted by atomic mass is 16.1. The van der Waals surface area contributed by atoms with Crippen molar-refractivity contribution in [3.8, 4) is 0 Å². The maximum Gasteiger partial charge on any atom is 0.192 e. The van der Waals surface area contributed by atoms with Crippen LogP contribution in [0.3, 0.4) is 0 Å². The first-order valence-electron chi connectivity index (χ1n) is 7.57. The van der Waals surface area contributed by atoms with Gasteiger partial charge >= 0.3 is 0 Å². The van der Waals surface area contributed by atoms with Crippen LogP contribution in [0.1, 0.15) is 51.9 Å². The Morgan fingerprint density at radius 2 is 1.65 bits per heavy atom. The van der Waals surface area contributed by atoms with Crippen LogP contribution >= 0.6 is 0 Å². The second kappa shape index (κ2) is 4.38. The van der Waals surface area contributed by atoms with Gasteiger partial charge in [-0.1, -0.05) is 6.92 Å². The lowest BCUT2D eigenvalue weighted by molar-refractivity contribution is -0.644. The van der Waals surface area contributed by atoms with Crippen molar-refractivity contribution in [2.75, 3.05) is 13.1 Å². The minimum atomic E-state index is 0.138. The predicted octanol–water partition coefficient (Wildman–Crippen LogP) is 1.75. The molecule has 4 saturated carbocycles. The summed E-state index contributed by atoms with van der Waals surface area (Å²) in [5, 5.41) is 2.22. The Balaban J connectivity index is 1.67. The van der Waals surface area contributed by atoms with Crippen molar-refractivity contribution in [1.29, 1.82) is 0 Å². The van der Waals surface area contributed by atoms with Crippen molar-refractivity contribution in [2.24, 2.45) is 23.2 Å². The molecular formula is C15H26NO+. The van der Waals surface area contributed by atoms with Gasteiger partial charge in [0.1, 0.15) is 6.54 Å². The summed E-state index contributed by atoms with van der Waals surface area (Å²) in [6.07, 6.45) is 9.18. The zero-order valence-electron chi connectivity index (χ0n) is 11.1. The lowest BCUT2D eigenvalue weighted by Crippen LogP contribution is -2.86. The van der Waals surface area contributed by atoms with Crippen LogP contribution in [0.15, 0.2) is 0 Å². The van der Waals surface area contributed by atoms with Crippen LogP contribution in [0.25, 0.3) is 0 Å². The summed E-state index contributed by atoms with van der Waals surface area (Å²) in [6, 6.07) is 0. The van der Waals surface area contributed by atoms with Crippen LogP contribution in [0.5, 0.6) is 0 Å². The molecule has 4 aliphatic carbocycles. The summed E-state index contributed by atoms with van der Waals surface area (Å²) in [7, 11) is 0. The van der Waals surface area contributed by atoms with Gasteiger partial charge in [-0.2, -0.15) is 0 Å². The normalized spacial score (nSPS) is 43.0. The molecule has 2 nitrogen and oxygen atoms in total. The molecule has 4 aliphatic rings. The molecule has 2 heteroatoms. The fourth-order valence-corrected chi connectivity index (χ4v) is 5.11. The van der Waals surface area contributed by atoms with Crippen molar-refractivity contribution in [2.45, 2.75) is 51.9 Å². The van der Waals surface area contributed by atoms with E-state index in [1.54, 1.807) is 0 Å². The summed E-state index contributed by atoms with van der Waals surface area (Å²) in [5.41, 5.74) is 0.138. The van der Waals surface area contributed by atoms with E-state index in [2.05, 4.69) is 12.2 Å². The molecule has 96 valence electrons. The smallest absolute Gasteiger partial charge is 0.192 e. The Kier molecular flexibility index (Phi) is 3.02. The van der Waals surface area contributed by atoms with E-state index < -0.39 is 0 Å². The van der Waals surface area contributed by atoms with Crippen LogP contribution < -0.4 is 5.32 Å². The summed E-state index contributed by atoms with van der Waals surface area (Å²) in [6.45, 7) is 4.05. The number of carbonyl (C=O) groups excluding carboxylic acids is 1. The number of hydrogen-bond acceptors (Lipinski definition) is 1. The van der Waals surface area contributed by atoms with Crippen LogP contribution in [-0.2, 0) is 4.79 Å². The first kappa shape index (κ1) is 11.7. The molecule has 0 saturated heterocycles. The van der Waals surface area contributed by atoms with Crippen molar-refractivity contribution in [3.05, 3.63) is 0 Å². The highest BCUT2D eigenvalue weighted by Crippen LogP contribution is 2.60. The number of ketones is 1. The highest BCUT2D eigenvalue weighted by Gasteiger charge is 2.54. The molecule has 0 aromatic carbocycles. The summed E-state index contributed by atoms with van der Waals surface area (Å²) in [4.78, 5) is 12.5. The average Bonchev–Trinajstić information content (AvgIpc) is 2.27. The highest BCUT2D eigenvalue weighted by molar-refractivity contribution is 5.86. The van der Waals surface area contributed by atoms with Gasteiger partial charge in [0.15, 0.2) is 5.78 Å². The fourth-order valence-electron chi connectivity index (χ4n) is 5.11. The van der Waals surface area contributed by atoms with Gasteiger partial charge in [-0.05, 0) is 62.7 Å². The van der Waals surface area contributed by atoms with E-state index >= 15 is 0 Å². The van der Waals surface area contributed by atoms with Crippen LogP contribution in [0.2, 0.25) is 0 Å². The van der Waals surface area contributed by atoms with E-state index in [4.69, 9.17) is 0 Å². The number of Topliss-reactive ketones (excluding diaryl/α,β-unsaturated/α-hetero) is 1. The average molecular weight is 236 g/mol. The Morgan fingerprint density at radius 1 is 1.12 bits per heavy atom. The van der Waals surface area contributed by atoms with Gasteiger partial charge in [-0.15, -0.1) is 0 Å². The summed E-state index contributed by atoms with van der Waals surface area (Å²) < 4.78 is 0. The minimum Gasteiger partial charge on any atom is -0.340 e. The van der Waals surface area contributed by atoms with Crippen molar-refractivity contribution >= 4 is 5.78 Å². The van der Waals surface area contributed by atoms with Gasteiger partial charge in [0.2, 0.25) is 0 Å². The van der Waals surface area contributed by atoms with E-state index in [9.17, 15) is 4.79 Å². The molecule has 0 aromatic rings. The molecule has 0 atom stereocenters. The van der Waals surface area contributed by atoms with Crippen molar-refractivity contribution in [1.82, 2.24) is 0 Å². The van der Waals surface area contributed by atoms with Gasteiger partial charge in [0, 0.05) is 5.41 Å². The molecule has 0 amide bonds. The van der Waals surface area contributed by atoms with E-state index in [1.165, 1.54) is 44.9 Å². The second-order valence-corrected chi connectivity index (χ2v) is 6.90. The predicted molar refractivity (Wildman–Crippen MR) is 67.6 cm³/mol. The molecule has 0 radical (unpaired) electrons. The maximum atomic E-state index is 12.5. The standard InChI is InChI=1S/C15H25NO/c1-2-3-16-10-14(17)15-7-11-4-12(8-15)6-13(5-11)9-15/h11-13,16H,2-10H2,1H3/p+1. The summed E-state index contributed by atoms with van der Waals surface area (Å²) in [5.74, 6) is 3.29. The molecule has 0 spiro atoms. The van der Waals surface area contributed by atoms with E-state index in [-0.39, 0.29) is 5.41 Å². The van der Waals surface area contributed by atoms with Crippen LogP contribution in [-0.4, -0.2) is 18.9 Å². The molecule has 4 rings (SSSR count). The first-order valence-corrected chi connectivity index (χ1v) is 7.57. The molecule has 0 heterocycles. The number of rotatable bonds is 5. The minimum absolute atomic E-state index is 0.138. The molecule has 0 aromatic heterocycles. The van der Waals surface area contributed by atoms with Gasteiger partial charge < -0.3 is 5.32 Å². The van der Waals surface area contributed by atoms with Gasteiger partial charge in [-0.3, -0.25) is 4.79 Å². The maximum absolute atomic E-state index is 12.5. The molecule has 17 heavy (non-hydrogen) atoms. The van der Waals surface area contributed by atoms with E-state index in [0.29, 0.717) is 5.78 Å². The topological polar surface area (TPSA) is 33.7 Å². The van der Waals surface area contributed by atoms with Gasteiger partial charge in [0.05, 0.1) is 6.54 Å². The van der Waals surface area contributed by atoms with Gasteiger partial charge in [0.25, 0.3) is 0 Å². The Morgan fingerprint density at radius 3 is 2.12 bits per heavy atom. The third-order valence-corrected chi connectivity index (χ3v) is 5.45. The van der Waals surface area contributed by atoms with E-state index in [1.807, 2.05) is 0 Å². The first-order chi connectivity index (χ1) is 8.22. The SMILES string of the molecule is CCC[NH2+]CC(=O)C12CC3CC(CC(C3)C1)C2. The molecule has 4 fully saturated rings. The number of quaternary nitrogens is 1. The lowest BCUT2D eigenvalue weighted by atomic mass is 9.48. The summed E-state index contributed by atoms with van der Waals surface area (Å²) >= 11 is 0. The molecular weight excluding hydrogens is 210 g/mol. The molecule has 4 bridgehead atoms. The number of carbonyl (C=O) groups is 1. The largest absolute Gasteiger partial charge is 0.340 e. The lowest BCUT2D eigenvalue weighted by Gasteiger charge is -2.55. The van der Waals surface area contributed by atoms with Gasteiger partial charge in [-0.25, -0.2) is 0 Å². The molecule has 0 aliphatic heterocycles. The molecule has 2 N–H and O–H groups in total. The van der Waals surface area contributed by atoms with Crippen LogP contribution in [0.4, 0.5) is 0 Å². The fraction of sp³-hybridized carbons (Fsp3) is 0.933. The second-order valence-electron chi connectivity index (χ2n) is 6.90. The number of hydrogen-bond donors (Lipinski definition) is 1. The Bertz CT molecular complexity index is 275. The van der Waals surface area contributed by atoms with E-state index in [0.717, 1.165) is 30.8 Å². The zero-order valence-corrected chi connectivity index (χ0v) is 11.1. The third kappa shape index (κ3) is 2.05. The Labute approximate surface area is 105 Å². The third-order valence-electron chi connectivity index (χ3n) is 5.45.